The highest BCUT2D eigenvalue weighted by Crippen LogP contribution is 2.26. The molecule has 5 aromatic rings. The zero-order valence-corrected chi connectivity index (χ0v) is 25.4. The van der Waals surface area contributed by atoms with E-state index in [1.54, 1.807) is 37.3 Å². The van der Waals surface area contributed by atoms with Crippen LogP contribution in [0, 0.1) is 0 Å². The number of nitrogens with one attached hydrogen (secondary N) is 2. The number of rotatable bonds is 8. The number of fused-ring (bicyclic) bond motifs is 1. The monoisotopic (exact) mass is 633 g/mol. The number of amides is 3. The first kappa shape index (κ1) is 30.7. The fourth-order valence-electron chi connectivity index (χ4n) is 5.13. The Morgan fingerprint density at radius 2 is 1.70 bits per heavy atom. The van der Waals surface area contributed by atoms with Gasteiger partial charge in [0.1, 0.15) is 5.52 Å². The van der Waals surface area contributed by atoms with Crippen LogP contribution in [0.5, 0.6) is 0 Å². The molecule has 0 unspecified atom stereocenters. The van der Waals surface area contributed by atoms with Gasteiger partial charge in [0, 0.05) is 17.8 Å². The van der Waals surface area contributed by atoms with Crippen LogP contribution in [0.25, 0.3) is 27.8 Å². The topological polar surface area (TPSA) is 185 Å². The van der Waals surface area contributed by atoms with Crippen molar-refractivity contribution >= 4 is 40.6 Å². The van der Waals surface area contributed by atoms with Crippen molar-refractivity contribution in [1.29, 1.82) is 0 Å². The standard InChI is InChI=1S/C32H27N9O6/c1-4-47-29(43)25-24-26(41(38-25)22-10-7-9-19(16-22)27-35-30(44)37-36-27)28(42)40(32(46)34-24)31(45)33-21-14-12-18(13-15-21)23-11-6-5-8-20(23)17-39(2)3/h5-16H,4,17H2,1-3H3,(H,33,45)(H,34,46). The average molecular weight is 634 g/mol. The van der Waals surface area contributed by atoms with Crippen LogP contribution in [0.2, 0.25) is 0 Å². The first-order valence-electron chi connectivity index (χ1n) is 14.4. The van der Waals surface area contributed by atoms with Crippen LogP contribution in [0.3, 0.4) is 0 Å². The average Bonchev–Trinajstić information content (AvgIpc) is 3.66. The Balaban J connectivity index is 1.39. The molecule has 236 valence electrons. The smallest absolute Gasteiger partial charge is 0.387 e. The fourth-order valence-corrected chi connectivity index (χ4v) is 5.13. The van der Waals surface area contributed by atoms with E-state index in [1.807, 2.05) is 50.5 Å². The summed E-state index contributed by atoms with van der Waals surface area (Å²) >= 11 is 0. The van der Waals surface area contributed by atoms with Crippen LogP contribution in [0.1, 0.15) is 28.5 Å². The number of carbonyl (C=O) groups is 3. The van der Waals surface area contributed by atoms with Gasteiger partial charge >= 0.3 is 23.7 Å². The molecule has 47 heavy (non-hydrogen) atoms. The first-order valence-corrected chi connectivity index (χ1v) is 14.4. The van der Waals surface area contributed by atoms with Gasteiger partial charge in [-0.2, -0.15) is 14.7 Å². The normalized spacial score (nSPS) is 12.5. The van der Waals surface area contributed by atoms with Crippen LogP contribution in [0.4, 0.5) is 15.3 Å². The van der Waals surface area contributed by atoms with Crippen molar-refractivity contribution < 1.29 is 19.1 Å². The third-order valence-electron chi connectivity index (χ3n) is 7.13. The molecule has 0 bridgehead atoms. The van der Waals surface area contributed by atoms with Gasteiger partial charge in [0.05, 0.1) is 12.3 Å². The molecule has 0 saturated heterocycles. The lowest BCUT2D eigenvalue weighted by molar-refractivity contribution is 0.0521. The molecule has 0 aliphatic carbocycles. The van der Waals surface area contributed by atoms with E-state index >= 15 is 0 Å². The molecule has 3 amide bonds. The van der Waals surface area contributed by atoms with Crippen LogP contribution < -0.4 is 16.6 Å². The van der Waals surface area contributed by atoms with E-state index in [1.165, 1.54) is 6.07 Å². The van der Waals surface area contributed by atoms with Crippen LogP contribution in [0.15, 0.2) is 97.6 Å². The molecular weight excluding hydrogens is 606 g/mol. The molecule has 15 heteroatoms. The Labute approximate surface area is 265 Å². The number of esters is 1. The van der Waals surface area contributed by atoms with Gasteiger partial charge in [-0.15, -0.1) is 5.11 Å². The summed E-state index contributed by atoms with van der Waals surface area (Å²) < 4.78 is 6.58. The lowest BCUT2D eigenvalue weighted by Crippen LogP contribution is -2.42. The van der Waals surface area contributed by atoms with Crippen LogP contribution in [-0.4, -0.2) is 68.8 Å². The van der Waals surface area contributed by atoms with E-state index in [4.69, 9.17) is 4.74 Å². The molecule has 2 N–H and O–H groups in total. The molecular formula is C32H27N9O6. The third kappa shape index (κ3) is 6.02. The largest absolute Gasteiger partial charge is 0.461 e. The SMILES string of the molecule is CCOC(=O)c1nn(-c2cccc(C3=NC(=O)N=N3)c2)c2c(=O)n(C(=O)Nc3ccc(-c4ccccc4CN(C)C)cc3)c(=O)[nH]c12. The molecule has 1 aliphatic rings. The van der Waals surface area contributed by atoms with E-state index in [2.05, 4.69) is 35.5 Å². The van der Waals surface area contributed by atoms with E-state index < -0.39 is 29.3 Å². The minimum absolute atomic E-state index is 0.00522. The number of aromatic amines is 1. The van der Waals surface area contributed by atoms with Crippen molar-refractivity contribution in [3.8, 4) is 16.8 Å². The summed E-state index contributed by atoms with van der Waals surface area (Å²) in [5, 5.41) is 14.0. The van der Waals surface area contributed by atoms with Gasteiger partial charge in [-0.05, 0) is 62.0 Å². The predicted molar refractivity (Wildman–Crippen MR) is 172 cm³/mol. The Morgan fingerprint density at radius 3 is 2.40 bits per heavy atom. The highest BCUT2D eigenvalue weighted by Gasteiger charge is 2.26. The second-order valence-corrected chi connectivity index (χ2v) is 10.6. The fraction of sp³-hybridized carbons (Fsp3) is 0.156. The summed E-state index contributed by atoms with van der Waals surface area (Å²) in [6.07, 6.45) is 0. The third-order valence-corrected chi connectivity index (χ3v) is 7.13. The minimum atomic E-state index is -1.09. The summed E-state index contributed by atoms with van der Waals surface area (Å²) in [4.78, 5) is 73.0. The number of benzene rings is 3. The number of carbonyl (C=O) groups excluding carboxylic acids is 3. The molecule has 6 rings (SSSR count). The molecule has 2 aromatic heterocycles. The summed E-state index contributed by atoms with van der Waals surface area (Å²) in [7, 11) is 3.97. The van der Waals surface area contributed by atoms with Crippen molar-refractivity contribution in [1.82, 2.24) is 24.2 Å². The number of nitrogens with zero attached hydrogens (tertiary/aromatic N) is 7. The number of azo groups is 1. The van der Waals surface area contributed by atoms with Gasteiger partial charge in [0.25, 0.3) is 5.56 Å². The number of hydrogen-bond donors (Lipinski definition) is 2. The molecule has 0 fully saturated rings. The maximum atomic E-state index is 13.9. The van der Waals surface area contributed by atoms with Gasteiger partial charge in [0.2, 0.25) is 0 Å². The molecule has 0 saturated carbocycles. The Bertz CT molecular complexity index is 2240. The second kappa shape index (κ2) is 12.6. The van der Waals surface area contributed by atoms with Crippen molar-refractivity contribution in [2.24, 2.45) is 15.2 Å². The number of ether oxygens (including phenoxy) is 1. The molecule has 1 aliphatic heterocycles. The number of aliphatic imine (C=N–C) groups is 1. The Morgan fingerprint density at radius 1 is 0.936 bits per heavy atom. The highest BCUT2D eigenvalue weighted by atomic mass is 16.5. The van der Waals surface area contributed by atoms with Crippen LogP contribution in [-0.2, 0) is 11.3 Å². The Kier molecular flexibility index (Phi) is 8.20. The van der Waals surface area contributed by atoms with Gasteiger partial charge in [-0.1, -0.05) is 53.6 Å². The van der Waals surface area contributed by atoms with Gasteiger partial charge < -0.3 is 19.9 Å². The number of hydrogen-bond acceptors (Lipinski definition) is 9. The second-order valence-electron chi connectivity index (χ2n) is 10.6. The molecule has 0 radical (unpaired) electrons. The Hall–Kier alpha value is -6.35. The molecule has 0 spiro atoms. The summed E-state index contributed by atoms with van der Waals surface area (Å²) in [5.74, 6) is -0.854. The number of H-pyrrole nitrogens is 1. The highest BCUT2D eigenvalue weighted by molar-refractivity contribution is 6.08. The number of aromatic nitrogens is 4. The first-order chi connectivity index (χ1) is 22.6. The molecule has 0 atom stereocenters. The maximum Gasteiger partial charge on any atom is 0.387 e. The zero-order chi connectivity index (χ0) is 33.2. The van der Waals surface area contributed by atoms with Gasteiger partial charge in [-0.3, -0.25) is 4.79 Å². The van der Waals surface area contributed by atoms with E-state index in [0.29, 0.717) is 15.8 Å². The van der Waals surface area contributed by atoms with Gasteiger partial charge in [-0.25, -0.2) is 23.9 Å². The van der Waals surface area contributed by atoms with Crippen molar-refractivity contribution in [2.45, 2.75) is 13.5 Å². The lowest BCUT2D eigenvalue weighted by atomic mass is 9.99. The molecule has 15 nitrogen and oxygen atoms in total. The number of amidine groups is 1. The summed E-state index contributed by atoms with van der Waals surface area (Å²) in [5.41, 5.74) is 1.04. The molecule has 3 aromatic carbocycles. The number of urea groups is 1. The maximum absolute atomic E-state index is 13.9. The summed E-state index contributed by atoms with van der Waals surface area (Å²) in [6, 6.07) is 19.4. The van der Waals surface area contributed by atoms with E-state index in [9.17, 15) is 24.0 Å². The summed E-state index contributed by atoms with van der Waals surface area (Å²) in [6.45, 7) is 2.33. The quantitative estimate of drug-likeness (QED) is 0.238. The van der Waals surface area contributed by atoms with Crippen LogP contribution >= 0.6 is 0 Å². The lowest BCUT2D eigenvalue weighted by Gasteiger charge is -2.15. The van der Waals surface area contributed by atoms with Crippen molar-refractivity contribution in [3.63, 3.8) is 0 Å². The van der Waals surface area contributed by atoms with Gasteiger partial charge in [0.15, 0.2) is 17.0 Å². The predicted octanol–water partition coefficient (Wildman–Crippen LogP) is 4.19. The van der Waals surface area contributed by atoms with E-state index in [-0.39, 0.29) is 34.9 Å². The molecule has 3 heterocycles. The van der Waals surface area contributed by atoms with Crippen molar-refractivity contribution in [3.05, 3.63) is 110 Å². The number of anilines is 1. The zero-order valence-electron chi connectivity index (χ0n) is 25.4. The van der Waals surface area contributed by atoms with Crippen molar-refractivity contribution in [2.75, 3.05) is 26.0 Å². The minimum Gasteiger partial charge on any atom is -0.461 e. The van der Waals surface area contributed by atoms with E-state index in [0.717, 1.165) is 27.9 Å².